The van der Waals surface area contributed by atoms with Crippen molar-refractivity contribution < 1.29 is 18.7 Å². The second kappa shape index (κ2) is 8.63. The van der Waals surface area contributed by atoms with Crippen molar-refractivity contribution in [3.8, 4) is 11.5 Å². The molecule has 7 rings (SSSR count). The van der Waals surface area contributed by atoms with Gasteiger partial charge >= 0.3 is 6.09 Å². The number of rotatable bonds is 5. The van der Waals surface area contributed by atoms with Crippen molar-refractivity contribution in [2.75, 3.05) is 6.54 Å². The van der Waals surface area contributed by atoms with Gasteiger partial charge in [-0.15, -0.1) is 0 Å². The van der Waals surface area contributed by atoms with E-state index in [1.165, 1.54) is 23.7 Å². The lowest BCUT2D eigenvalue weighted by atomic mass is 9.70. The van der Waals surface area contributed by atoms with Gasteiger partial charge in [0, 0.05) is 46.4 Å². The SMILES string of the molecule is Cc1c(-c2cc3ccccc3n2CC2CC2)oc2cc(C(=O)N3CC4CCC3(C(C)(C)C)[C@@H]4OC(N)=O)ccc12. The van der Waals surface area contributed by atoms with Crippen LogP contribution in [0.2, 0.25) is 0 Å². The average molecular weight is 540 g/mol. The molecule has 3 fully saturated rings. The first-order chi connectivity index (χ1) is 19.1. The summed E-state index contributed by atoms with van der Waals surface area (Å²) in [5, 5.41) is 2.22. The molecule has 3 atom stereocenters. The molecule has 7 heteroatoms. The van der Waals surface area contributed by atoms with E-state index in [0.717, 1.165) is 47.7 Å². The standard InChI is InChI=1S/C33H37N3O4/c1-19-24-12-11-22(30(37)36-18-23-13-14-33(36,32(2,3)4)29(23)40-31(34)38)16-27(24)39-28(19)26-15-21-7-5-6-8-25(21)35(26)17-20-9-10-20/h5-8,11-12,15-16,20,23,29H,9-10,13-14,17-18H2,1-4H3,(H2,34,38)/t23?,29-,33?/m1/s1. The molecule has 2 aromatic heterocycles. The van der Waals surface area contributed by atoms with Crippen molar-refractivity contribution in [3.05, 3.63) is 59.7 Å². The third kappa shape index (κ3) is 3.62. The molecule has 1 saturated heterocycles. The number of likely N-dealkylation sites (tertiary alicyclic amines) is 1. The molecule has 0 radical (unpaired) electrons. The first-order valence-electron chi connectivity index (χ1n) is 14.5. The van der Waals surface area contributed by atoms with Crippen molar-refractivity contribution in [3.63, 3.8) is 0 Å². The van der Waals surface area contributed by atoms with E-state index in [1.807, 2.05) is 23.1 Å². The van der Waals surface area contributed by atoms with Crippen LogP contribution in [0.3, 0.4) is 0 Å². The molecule has 2 amide bonds. The molecule has 2 aromatic carbocycles. The Balaban J connectivity index is 1.28. The van der Waals surface area contributed by atoms with Crippen LogP contribution in [-0.2, 0) is 11.3 Å². The van der Waals surface area contributed by atoms with Crippen LogP contribution < -0.4 is 5.73 Å². The van der Waals surface area contributed by atoms with Gasteiger partial charge in [0.05, 0.1) is 11.2 Å². The largest absolute Gasteiger partial charge is 0.454 e. The Hall–Kier alpha value is -3.74. The van der Waals surface area contributed by atoms with E-state index in [9.17, 15) is 9.59 Å². The van der Waals surface area contributed by atoms with Gasteiger partial charge in [0.2, 0.25) is 0 Å². The lowest BCUT2D eigenvalue weighted by molar-refractivity contribution is -0.0359. The van der Waals surface area contributed by atoms with Gasteiger partial charge in [0.15, 0.2) is 5.76 Å². The van der Waals surface area contributed by atoms with Crippen LogP contribution in [0.15, 0.2) is 52.9 Å². The summed E-state index contributed by atoms with van der Waals surface area (Å²) >= 11 is 0. The van der Waals surface area contributed by atoms with Crippen molar-refractivity contribution in [1.29, 1.82) is 0 Å². The molecule has 40 heavy (non-hydrogen) atoms. The molecule has 2 unspecified atom stereocenters. The number of nitrogens with two attached hydrogens (primary N) is 1. The van der Waals surface area contributed by atoms with E-state index >= 15 is 0 Å². The molecule has 3 aliphatic rings. The average Bonchev–Trinajstić information content (AvgIpc) is 3.30. The number of ether oxygens (including phenoxy) is 1. The Kier molecular flexibility index (Phi) is 5.44. The summed E-state index contributed by atoms with van der Waals surface area (Å²) in [6.45, 7) is 9.99. The van der Waals surface area contributed by atoms with Crippen LogP contribution in [0, 0.1) is 24.2 Å². The minimum absolute atomic E-state index is 0.0597. The van der Waals surface area contributed by atoms with E-state index < -0.39 is 17.7 Å². The predicted molar refractivity (Wildman–Crippen MR) is 155 cm³/mol. The highest BCUT2D eigenvalue weighted by Gasteiger charge is 2.66. The number of primary amides is 1. The van der Waals surface area contributed by atoms with E-state index in [4.69, 9.17) is 14.9 Å². The highest BCUT2D eigenvalue weighted by molar-refractivity contribution is 6.00. The number of amides is 2. The molecule has 7 nitrogen and oxygen atoms in total. The lowest BCUT2D eigenvalue weighted by Crippen LogP contribution is -2.60. The number of hydrogen-bond donors (Lipinski definition) is 1. The summed E-state index contributed by atoms with van der Waals surface area (Å²) in [5.74, 6) is 1.61. The topological polar surface area (TPSA) is 90.7 Å². The third-order valence-electron chi connectivity index (χ3n) is 9.85. The maximum absolute atomic E-state index is 14.1. The van der Waals surface area contributed by atoms with Crippen LogP contribution in [-0.4, -0.2) is 39.7 Å². The second-order valence-electron chi connectivity index (χ2n) is 13.2. The van der Waals surface area contributed by atoms with Crippen LogP contribution >= 0.6 is 0 Å². The van der Waals surface area contributed by atoms with E-state index in [1.54, 1.807) is 0 Å². The molecule has 1 aliphatic heterocycles. The first-order valence-corrected chi connectivity index (χ1v) is 14.5. The monoisotopic (exact) mass is 539 g/mol. The van der Waals surface area contributed by atoms with Gasteiger partial charge in [-0.1, -0.05) is 45.0 Å². The molecule has 4 aromatic rings. The molecule has 2 aliphatic carbocycles. The minimum atomic E-state index is -0.779. The van der Waals surface area contributed by atoms with E-state index in [0.29, 0.717) is 17.7 Å². The fraction of sp³-hybridized carbons (Fsp3) is 0.455. The molecule has 208 valence electrons. The summed E-state index contributed by atoms with van der Waals surface area (Å²) < 4.78 is 14.6. The Labute approximate surface area is 234 Å². The Morgan fingerprint density at radius 2 is 1.88 bits per heavy atom. The van der Waals surface area contributed by atoms with Crippen LogP contribution in [0.4, 0.5) is 4.79 Å². The Bertz CT molecular complexity index is 1670. The summed E-state index contributed by atoms with van der Waals surface area (Å²) in [6, 6.07) is 16.5. The number of benzene rings is 2. The molecule has 3 heterocycles. The summed E-state index contributed by atoms with van der Waals surface area (Å²) in [5.41, 5.74) is 9.25. The van der Waals surface area contributed by atoms with Crippen LogP contribution in [0.5, 0.6) is 0 Å². The second-order valence-corrected chi connectivity index (χ2v) is 13.2. The van der Waals surface area contributed by atoms with E-state index in [2.05, 4.69) is 62.6 Å². The Morgan fingerprint density at radius 3 is 2.60 bits per heavy atom. The van der Waals surface area contributed by atoms with Gasteiger partial charge in [-0.05, 0) is 68.2 Å². The zero-order chi connectivity index (χ0) is 28.0. The van der Waals surface area contributed by atoms with Gasteiger partial charge in [-0.25, -0.2) is 4.79 Å². The first kappa shape index (κ1) is 25.2. The fourth-order valence-electron chi connectivity index (χ4n) is 7.66. The van der Waals surface area contributed by atoms with Gasteiger partial charge < -0.3 is 24.4 Å². The minimum Gasteiger partial charge on any atom is -0.454 e. The summed E-state index contributed by atoms with van der Waals surface area (Å²) in [7, 11) is 0. The van der Waals surface area contributed by atoms with E-state index in [-0.39, 0.29) is 17.2 Å². The maximum Gasteiger partial charge on any atom is 0.404 e. The van der Waals surface area contributed by atoms with Gasteiger partial charge in [-0.3, -0.25) is 4.79 Å². The highest BCUT2D eigenvalue weighted by atomic mass is 16.6. The number of nitrogens with zero attached hydrogens (tertiary/aromatic N) is 2. The quantitative estimate of drug-likeness (QED) is 0.299. The molecule has 2 bridgehead atoms. The smallest absolute Gasteiger partial charge is 0.404 e. The third-order valence-corrected chi connectivity index (χ3v) is 9.85. The highest BCUT2D eigenvalue weighted by Crippen LogP contribution is 2.57. The van der Waals surface area contributed by atoms with Gasteiger partial charge in [0.25, 0.3) is 5.91 Å². The fourth-order valence-corrected chi connectivity index (χ4v) is 7.66. The lowest BCUT2D eigenvalue weighted by Gasteiger charge is -2.49. The van der Waals surface area contributed by atoms with Crippen molar-refractivity contribution >= 4 is 33.9 Å². The zero-order valence-corrected chi connectivity index (χ0v) is 23.7. The normalized spacial score (nSPS) is 24.4. The van der Waals surface area contributed by atoms with Crippen LogP contribution in [0.1, 0.15) is 62.4 Å². The van der Waals surface area contributed by atoms with Crippen molar-refractivity contribution in [2.45, 2.75) is 71.6 Å². The van der Waals surface area contributed by atoms with Crippen LogP contribution in [0.25, 0.3) is 33.3 Å². The van der Waals surface area contributed by atoms with Crippen molar-refractivity contribution in [2.24, 2.45) is 23.0 Å². The number of furan rings is 1. The maximum atomic E-state index is 14.1. The number of carbonyl (C=O) groups is 2. The number of carbonyl (C=O) groups excluding carboxylic acids is 2. The van der Waals surface area contributed by atoms with Gasteiger partial charge in [-0.2, -0.15) is 0 Å². The Morgan fingerprint density at radius 1 is 1.10 bits per heavy atom. The molecular formula is C33H37N3O4. The molecular weight excluding hydrogens is 502 g/mol. The number of piperidine rings is 1. The summed E-state index contributed by atoms with van der Waals surface area (Å²) in [4.78, 5) is 27.9. The number of fused-ring (bicyclic) bond motifs is 4. The number of para-hydroxylation sites is 1. The predicted octanol–water partition coefficient (Wildman–Crippen LogP) is 6.89. The number of aromatic nitrogens is 1. The van der Waals surface area contributed by atoms with Gasteiger partial charge in [0.1, 0.15) is 11.7 Å². The summed E-state index contributed by atoms with van der Waals surface area (Å²) in [6.07, 6.45) is 3.06. The molecule has 2 N–H and O–H groups in total. The molecule has 0 spiro atoms. The number of aryl methyl sites for hydroxylation is 1. The zero-order valence-electron chi connectivity index (χ0n) is 23.7. The molecule has 2 saturated carbocycles. The number of hydrogen-bond acceptors (Lipinski definition) is 4. The van der Waals surface area contributed by atoms with Crippen molar-refractivity contribution in [1.82, 2.24) is 9.47 Å².